The molecule has 0 fully saturated rings. The molecule has 0 aliphatic carbocycles. The van der Waals surface area contributed by atoms with Crippen LogP contribution in [-0.4, -0.2) is 10.5 Å². The van der Waals surface area contributed by atoms with Gasteiger partial charge >= 0.3 is 0 Å². The summed E-state index contributed by atoms with van der Waals surface area (Å²) in [6, 6.07) is 3.98. The molecular weight excluding hydrogens is 196 g/mol. The Bertz CT molecular complexity index is 495. The van der Waals surface area contributed by atoms with Crippen molar-refractivity contribution in [3.63, 3.8) is 0 Å². The summed E-state index contributed by atoms with van der Waals surface area (Å²) >= 11 is 1.72. The Morgan fingerprint density at radius 2 is 2.29 bits per heavy atom. The van der Waals surface area contributed by atoms with Crippen molar-refractivity contribution in [3.05, 3.63) is 22.7 Å². The van der Waals surface area contributed by atoms with E-state index in [1.807, 2.05) is 17.7 Å². The number of aryl methyl sites for hydroxylation is 2. The average Bonchev–Trinajstić information content (AvgIpc) is 2.65. The van der Waals surface area contributed by atoms with Crippen LogP contribution in [0.2, 0.25) is 0 Å². The number of carbonyl (C=O) groups is 1. The van der Waals surface area contributed by atoms with Crippen LogP contribution in [0.5, 0.6) is 0 Å². The topological polar surface area (TPSA) is 48.0 Å². The van der Waals surface area contributed by atoms with Crippen molar-refractivity contribution in [1.82, 2.24) is 4.57 Å². The van der Waals surface area contributed by atoms with E-state index in [-0.39, 0.29) is 5.91 Å². The van der Waals surface area contributed by atoms with Crippen molar-refractivity contribution in [2.45, 2.75) is 13.3 Å². The van der Waals surface area contributed by atoms with Crippen LogP contribution in [0, 0.1) is 0 Å². The van der Waals surface area contributed by atoms with E-state index in [1.165, 1.54) is 4.88 Å². The standard InChI is InChI=1S/C10H12N2OS/c1-3-6-4-7-9(14-6)5-8(10(11)13)12(7)2/h4-5H,3H2,1-2H3,(H2,11,13). The Hall–Kier alpha value is -1.29. The lowest BCUT2D eigenvalue weighted by Crippen LogP contribution is -2.14. The highest BCUT2D eigenvalue weighted by Gasteiger charge is 2.12. The van der Waals surface area contributed by atoms with Gasteiger partial charge in [-0.2, -0.15) is 0 Å². The fourth-order valence-corrected chi connectivity index (χ4v) is 2.64. The van der Waals surface area contributed by atoms with Gasteiger partial charge in [-0.05, 0) is 18.6 Å². The minimum absolute atomic E-state index is 0.367. The Morgan fingerprint density at radius 1 is 1.57 bits per heavy atom. The second kappa shape index (κ2) is 3.13. The van der Waals surface area contributed by atoms with E-state index in [4.69, 9.17) is 5.73 Å². The summed E-state index contributed by atoms with van der Waals surface area (Å²) < 4.78 is 2.99. The quantitative estimate of drug-likeness (QED) is 0.805. The maximum atomic E-state index is 11.0. The zero-order valence-corrected chi connectivity index (χ0v) is 9.02. The van der Waals surface area contributed by atoms with Gasteiger partial charge in [-0.15, -0.1) is 11.3 Å². The van der Waals surface area contributed by atoms with E-state index in [0.717, 1.165) is 16.6 Å². The lowest BCUT2D eigenvalue weighted by atomic mass is 10.3. The molecular formula is C10H12N2OS. The van der Waals surface area contributed by atoms with Gasteiger partial charge in [0.1, 0.15) is 5.69 Å². The second-order valence-electron chi connectivity index (χ2n) is 3.27. The summed E-state index contributed by atoms with van der Waals surface area (Å²) in [6.45, 7) is 2.12. The third kappa shape index (κ3) is 1.23. The van der Waals surface area contributed by atoms with Gasteiger partial charge in [-0.1, -0.05) is 6.92 Å². The van der Waals surface area contributed by atoms with E-state index in [9.17, 15) is 4.79 Å². The molecule has 0 radical (unpaired) electrons. The Labute approximate surface area is 86.1 Å². The molecule has 0 aromatic carbocycles. The lowest BCUT2D eigenvalue weighted by Gasteiger charge is -1.97. The average molecular weight is 208 g/mol. The minimum atomic E-state index is -0.367. The molecule has 14 heavy (non-hydrogen) atoms. The molecule has 4 heteroatoms. The fraction of sp³-hybridized carbons (Fsp3) is 0.300. The summed E-state index contributed by atoms with van der Waals surface area (Å²) in [7, 11) is 1.87. The second-order valence-corrected chi connectivity index (χ2v) is 4.44. The van der Waals surface area contributed by atoms with E-state index >= 15 is 0 Å². The van der Waals surface area contributed by atoms with Crippen molar-refractivity contribution in [1.29, 1.82) is 0 Å². The van der Waals surface area contributed by atoms with Crippen LogP contribution in [0.15, 0.2) is 12.1 Å². The fourth-order valence-electron chi connectivity index (χ4n) is 1.57. The molecule has 0 aliphatic rings. The van der Waals surface area contributed by atoms with Gasteiger partial charge < -0.3 is 10.3 Å². The Balaban J connectivity index is 2.66. The van der Waals surface area contributed by atoms with E-state index in [0.29, 0.717) is 5.69 Å². The number of nitrogens with two attached hydrogens (primary N) is 1. The number of aromatic nitrogens is 1. The molecule has 2 heterocycles. The molecule has 2 N–H and O–H groups in total. The summed E-state index contributed by atoms with van der Waals surface area (Å²) in [6.07, 6.45) is 1.03. The molecule has 0 bridgehead atoms. The Morgan fingerprint density at radius 3 is 2.79 bits per heavy atom. The van der Waals surface area contributed by atoms with Crippen molar-refractivity contribution in [2.75, 3.05) is 0 Å². The molecule has 2 rings (SSSR count). The number of amides is 1. The number of hydrogen-bond donors (Lipinski definition) is 1. The van der Waals surface area contributed by atoms with Crippen LogP contribution in [0.25, 0.3) is 10.2 Å². The van der Waals surface area contributed by atoms with Gasteiger partial charge in [0.25, 0.3) is 5.91 Å². The van der Waals surface area contributed by atoms with Crippen molar-refractivity contribution < 1.29 is 4.79 Å². The van der Waals surface area contributed by atoms with Crippen LogP contribution in [-0.2, 0) is 13.5 Å². The smallest absolute Gasteiger partial charge is 0.265 e. The molecule has 0 saturated carbocycles. The number of carbonyl (C=O) groups excluding carboxylic acids is 1. The predicted octanol–water partition coefficient (Wildman–Crippen LogP) is 1.90. The molecule has 0 spiro atoms. The molecule has 3 nitrogen and oxygen atoms in total. The summed E-state index contributed by atoms with van der Waals surface area (Å²) in [5, 5.41) is 0. The maximum absolute atomic E-state index is 11.0. The third-order valence-corrected chi connectivity index (χ3v) is 3.60. The van der Waals surface area contributed by atoms with Crippen LogP contribution in [0.1, 0.15) is 22.3 Å². The number of nitrogens with zero attached hydrogens (tertiary/aromatic N) is 1. The monoisotopic (exact) mass is 208 g/mol. The summed E-state index contributed by atoms with van der Waals surface area (Å²) in [5.41, 5.74) is 6.93. The highest BCUT2D eigenvalue weighted by Crippen LogP contribution is 2.28. The van der Waals surface area contributed by atoms with Gasteiger partial charge in [0, 0.05) is 11.9 Å². The molecule has 0 atom stereocenters. The molecule has 2 aromatic rings. The highest BCUT2D eigenvalue weighted by atomic mass is 32.1. The lowest BCUT2D eigenvalue weighted by molar-refractivity contribution is 0.0993. The first-order chi connectivity index (χ1) is 6.63. The van der Waals surface area contributed by atoms with Crippen LogP contribution >= 0.6 is 11.3 Å². The first kappa shape index (κ1) is 9.27. The normalized spacial score (nSPS) is 11.0. The van der Waals surface area contributed by atoms with Gasteiger partial charge in [-0.3, -0.25) is 4.79 Å². The molecule has 0 saturated heterocycles. The van der Waals surface area contributed by atoms with Gasteiger partial charge in [0.05, 0.1) is 10.2 Å². The first-order valence-corrected chi connectivity index (χ1v) is 5.33. The zero-order valence-electron chi connectivity index (χ0n) is 8.20. The molecule has 0 aliphatic heterocycles. The largest absolute Gasteiger partial charge is 0.364 e. The van der Waals surface area contributed by atoms with Crippen molar-refractivity contribution in [2.24, 2.45) is 12.8 Å². The van der Waals surface area contributed by atoms with Crippen LogP contribution in [0.4, 0.5) is 0 Å². The first-order valence-electron chi connectivity index (χ1n) is 4.51. The van der Waals surface area contributed by atoms with E-state index < -0.39 is 0 Å². The van der Waals surface area contributed by atoms with Crippen LogP contribution < -0.4 is 5.73 Å². The van der Waals surface area contributed by atoms with Gasteiger partial charge in [0.15, 0.2) is 0 Å². The molecule has 74 valence electrons. The molecule has 2 aromatic heterocycles. The van der Waals surface area contributed by atoms with E-state index in [2.05, 4.69) is 13.0 Å². The maximum Gasteiger partial charge on any atom is 0.265 e. The molecule has 0 unspecified atom stereocenters. The minimum Gasteiger partial charge on any atom is -0.364 e. The van der Waals surface area contributed by atoms with Crippen molar-refractivity contribution >= 4 is 27.5 Å². The number of thiophene rings is 1. The van der Waals surface area contributed by atoms with Gasteiger partial charge in [-0.25, -0.2) is 0 Å². The summed E-state index contributed by atoms with van der Waals surface area (Å²) in [5.74, 6) is -0.367. The third-order valence-electron chi connectivity index (χ3n) is 2.38. The zero-order chi connectivity index (χ0) is 10.3. The van der Waals surface area contributed by atoms with Crippen LogP contribution in [0.3, 0.4) is 0 Å². The number of hydrogen-bond acceptors (Lipinski definition) is 2. The van der Waals surface area contributed by atoms with E-state index in [1.54, 1.807) is 11.3 Å². The highest BCUT2D eigenvalue weighted by molar-refractivity contribution is 7.19. The van der Waals surface area contributed by atoms with Crippen molar-refractivity contribution in [3.8, 4) is 0 Å². The Kier molecular flexibility index (Phi) is 2.07. The number of primary amides is 1. The SMILES string of the molecule is CCc1cc2c(cc(C(N)=O)n2C)s1. The number of fused-ring (bicyclic) bond motifs is 1. The molecule has 1 amide bonds. The summed E-state index contributed by atoms with van der Waals surface area (Å²) in [4.78, 5) is 12.4. The number of rotatable bonds is 2. The predicted molar refractivity (Wildman–Crippen MR) is 58.7 cm³/mol. The van der Waals surface area contributed by atoms with Gasteiger partial charge in [0.2, 0.25) is 0 Å².